The Labute approximate surface area is 123 Å². The highest BCUT2D eigenvalue weighted by atomic mass is 16.5. The average Bonchev–Trinajstić information content (AvgIpc) is 3.02. The Bertz CT molecular complexity index is 612. The predicted molar refractivity (Wildman–Crippen MR) is 77.3 cm³/mol. The van der Waals surface area contributed by atoms with E-state index in [9.17, 15) is 4.79 Å². The average molecular weight is 286 g/mol. The van der Waals surface area contributed by atoms with Crippen LogP contribution < -0.4 is 5.32 Å². The van der Waals surface area contributed by atoms with Gasteiger partial charge < -0.3 is 14.6 Å². The highest BCUT2D eigenvalue weighted by Gasteiger charge is 2.21. The Kier molecular flexibility index (Phi) is 3.96. The summed E-state index contributed by atoms with van der Waals surface area (Å²) in [6, 6.07) is 3.76. The highest BCUT2D eigenvalue weighted by Crippen LogP contribution is 2.14. The van der Waals surface area contributed by atoms with Crippen molar-refractivity contribution in [1.29, 1.82) is 0 Å². The summed E-state index contributed by atoms with van der Waals surface area (Å²) in [5.74, 6) is -0.143. The largest absolute Gasteiger partial charge is 0.378 e. The van der Waals surface area contributed by atoms with Gasteiger partial charge in [-0.05, 0) is 31.9 Å². The zero-order chi connectivity index (χ0) is 14.7. The van der Waals surface area contributed by atoms with Crippen molar-refractivity contribution in [2.45, 2.75) is 31.9 Å². The summed E-state index contributed by atoms with van der Waals surface area (Å²) >= 11 is 0. The molecule has 1 saturated heterocycles. The van der Waals surface area contributed by atoms with Gasteiger partial charge in [-0.3, -0.25) is 9.78 Å². The van der Waals surface area contributed by atoms with Gasteiger partial charge in [-0.15, -0.1) is 0 Å². The van der Waals surface area contributed by atoms with E-state index in [0.717, 1.165) is 18.5 Å². The number of carbonyl (C=O) groups excluding carboxylic acids is 1. The van der Waals surface area contributed by atoms with Gasteiger partial charge in [-0.1, -0.05) is 0 Å². The van der Waals surface area contributed by atoms with Crippen LogP contribution >= 0.6 is 0 Å². The molecule has 0 aromatic carbocycles. The van der Waals surface area contributed by atoms with Crippen LogP contribution in [0.4, 0.5) is 0 Å². The lowest BCUT2D eigenvalue weighted by Crippen LogP contribution is -2.41. The number of imidazole rings is 1. The Morgan fingerprint density at radius 3 is 3.14 bits per heavy atom. The third-order valence-corrected chi connectivity index (χ3v) is 3.60. The van der Waals surface area contributed by atoms with Gasteiger partial charge in [0.15, 0.2) is 0 Å². The predicted octanol–water partition coefficient (Wildman–Crippen LogP) is 1.56. The van der Waals surface area contributed by atoms with Gasteiger partial charge in [-0.2, -0.15) is 0 Å². The number of pyridine rings is 1. The van der Waals surface area contributed by atoms with E-state index in [1.807, 2.05) is 23.8 Å². The van der Waals surface area contributed by atoms with Gasteiger partial charge in [-0.25, -0.2) is 4.98 Å². The van der Waals surface area contributed by atoms with Crippen LogP contribution in [0.5, 0.6) is 0 Å². The summed E-state index contributed by atoms with van der Waals surface area (Å²) in [5, 5.41) is 3.03. The lowest BCUT2D eigenvalue weighted by Gasteiger charge is -2.27. The topological polar surface area (TPSA) is 69.0 Å². The maximum atomic E-state index is 12.3. The molecule has 1 aliphatic heterocycles. The van der Waals surface area contributed by atoms with Gasteiger partial charge in [0.05, 0.1) is 18.1 Å². The minimum atomic E-state index is -0.143. The van der Waals surface area contributed by atoms with Gasteiger partial charge in [0, 0.05) is 31.2 Å². The van der Waals surface area contributed by atoms with E-state index in [4.69, 9.17) is 4.74 Å². The van der Waals surface area contributed by atoms with Crippen LogP contribution in [-0.4, -0.2) is 39.2 Å². The van der Waals surface area contributed by atoms with Crippen LogP contribution in [0.1, 0.15) is 30.3 Å². The van der Waals surface area contributed by atoms with E-state index in [1.54, 1.807) is 24.8 Å². The Morgan fingerprint density at radius 1 is 1.48 bits per heavy atom. The molecule has 6 nitrogen and oxygen atoms in total. The van der Waals surface area contributed by atoms with Crippen molar-refractivity contribution in [3.8, 4) is 5.69 Å². The van der Waals surface area contributed by atoms with Gasteiger partial charge in [0.1, 0.15) is 5.69 Å². The SMILES string of the molecule is CC1CC(NC(=O)c2cc(-n3ccnc3)ccn2)CCO1. The van der Waals surface area contributed by atoms with E-state index in [1.165, 1.54) is 0 Å². The van der Waals surface area contributed by atoms with Crippen LogP contribution in [-0.2, 0) is 4.74 Å². The van der Waals surface area contributed by atoms with E-state index in [2.05, 4.69) is 15.3 Å². The van der Waals surface area contributed by atoms with Crippen molar-refractivity contribution >= 4 is 5.91 Å². The zero-order valence-electron chi connectivity index (χ0n) is 11.9. The molecule has 3 heterocycles. The molecular formula is C15H18N4O2. The number of hydrogen-bond acceptors (Lipinski definition) is 4. The second-order valence-corrected chi connectivity index (χ2v) is 5.25. The van der Waals surface area contributed by atoms with E-state index in [0.29, 0.717) is 12.3 Å². The molecule has 1 N–H and O–H groups in total. The van der Waals surface area contributed by atoms with Crippen molar-refractivity contribution in [2.75, 3.05) is 6.61 Å². The summed E-state index contributed by atoms with van der Waals surface area (Å²) in [5.41, 5.74) is 1.29. The van der Waals surface area contributed by atoms with Crippen LogP contribution in [0.15, 0.2) is 37.1 Å². The molecule has 3 rings (SSSR count). The molecule has 1 amide bonds. The van der Waals surface area contributed by atoms with E-state index < -0.39 is 0 Å². The molecule has 0 spiro atoms. The fraction of sp³-hybridized carbons (Fsp3) is 0.400. The molecule has 21 heavy (non-hydrogen) atoms. The van der Waals surface area contributed by atoms with Crippen LogP contribution in [0, 0.1) is 0 Å². The lowest BCUT2D eigenvalue weighted by molar-refractivity contribution is 0.0136. The smallest absolute Gasteiger partial charge is 0.270 e. The number of aromatic nitrogens is 3. The first-order chi connectivity index (χ1) is 10.2. The summed E-state index contributed by atoms with van der Waals surface area (Å²) in [7, 11) is 0. The highest BCUT2D eigenvalue weighted by molar-refractivity contribution is 5.92. The molecule has 0 saturated carbocycles. The fourth-order valence-corrected chi connectivity index (χ4v) is 2.50. The first-order valence-electron chi connectivity index (χ1n) is 7.09. The summed E-state index contributed by atoms with van der Waals surface area (Å²) in [6.45, 7) is 2.71. The van der Waals surface area contributed by atoms with Crippen molar-refractivity contribution < 1.29 is 9.53 Å². The standard InChI is InChI=1S/C15H18N4O2/c1-11-8-12(3-7-21-11)18-15(20)14-9-13(2-4-17-14)19-6-5-16-10-19/h2,4-6,9-12H,3,7-8H2,1H3,(H,18,20). The van der Waals surface area contributed by atoms with Crippen LogP contribution in [0.3, 0.4) is 0 Å². The number of carbonyl (C=O) groups is 1. The third kappa shape index (κ3) is 3.28. The van der Waals surface area contributed by atoms with E-state index >= 15 is 0 Å². The molecule has 1 aliphatic rings. The quantitative estimate of drug-likeness (QED) is 0.929. The second kappa shape index (κ2) is 6.05. The van der Waals surface area contributed by atoms with Crippen LogP contribution in [0.25, 0.3) is 5.69 Å². The Balaban J connectivity index is 1.71. The van der Waals surface area contributed by atoms with Gasteiger partial charge >= 0.3 is 0 Å². The summed E-state index contributed by atoms with van der Waals surface area (Å²) < 4.78 is 7.33. The van der Waals surface area contributed by atoms with Crippen LogP contribution in [0.2, 0.25) is 0 Å². The first-order valence-corrected chi connectivity index (χ1v) is 7.09. The minimum absolute atomic E-state index is 0.143. The fourth-order valence-electron chi connectivity index (χ4n) is 2.50. The maximum absolute atomic E-state index is 12.3. The maximum Gasteiger partial charge on any atom is 0.270 e. The normalized spacial score (nSPS) is 22.0. The minimum Gasteiger partial charge on any atom is -0.378 e. The monoisotopic (exact) mass is 286 g/mol. The first kappa shape index (κ1) is 13.8. The zero-order valence-corrected chi connectivity index (χ0v) is 11.9. The molecule has 0 bridgehead atoms. The second-order valence-electron chi connectivity index (χ2n) is 5.25. The molecular weight excluding hydrogens is 268 g/mol. The van der Waals surface area contributed by atoms with Crippen molar-refractivity contribution in [1.82, 2.24) is 19.9 Å². The molecule has 0 aliphatic carbocycles. The van der Waals surface area contributed by atoms with Crippen molar-refractivity contribution in [3.63, 3.8) is 0 Å². The third-order valence-electron chi connectivity index (χ3n) is 3.60. The molecule has 2 atom stereocenters. The van der Waals surface area contributed by atoms with Crippen molar-refractivity contribution in [3.05, 3.63) is 42.7 Å². The number of nitrogens with one attached hydrogen (secondary N) is 1. The summed E-state index contributed by atoms with van der Waals surface area (Å²) in [4.78, 5) is 20.5. The Morgan fingerprint density at radius 2 is 2.38 bits per heavy atom. The number of ether oxygens (including phenoxy) is 1. The van der Waals surface area contributed by atoms with Gasteiger partial charge in [0.25, 0.3) is 5.91 Å². The van der Waals surface area contributed by atoms with Gasteiger partial charge in [0.2, 0.25) is 0 Å². The Hall–Kier alpha value is -2.21. The molecule has 2 aromatic rings. The summed E-state index contributed by atoms with van der Waals surface area (Å²) in [6.07, 6.45) is 8.73. The molecule has 1 fully saturated rings. The number of amides is 1. The lowest BCUT2D eigenvalue weighted by atomic mass is 10.0. The number of nitrogens with zero attached hydrogens (tertiary/aromatic N) is 3. The molecule has 6 heteroatoms. The molecule has 110 valence electrons. The van der Waals surface area contributed by atoms with Crippen molar-refractivity contribution in [2.24, 2.45) is 0 Å². The van der Waals surface area contributed by atoms with E-state index in [-0.39, 0.29) is 18.1 Å². The molecule has 2 unspecified atom stereocenters. The molecule has 0 radical (unpaired) electrons. The number of rotatable bonds is 3. The number of hydrogen-bond donors (Lipinski definition) is 1. The molecule has 2 aromatic heterocycles.